The topological polar surface area (TPSA) is 74.3 Å². The Labute approximate surface area is 223 Å². The van der Waals surface area contributed by atoms with E-state index in [1.165, 1.54) is 11.3 Å². The molecule has 0 saturated heterocycles. The van der Waals surface area contributed by atoms with E-state index in [0.717, 1.165) is 27.1 Å². The Kier molecular flexibility index (Phi) is 9.79. The zero-order chi connectivity index (χ0) is 26.9. The number of ether oxygens (including phenoxy) is 2. The SMILES string of the molecule is CCOC(=O)NN(C(=O)OCC)c1sc(N(c2ccccc2)C(C)C)cc1N(c1ccccc1)C(C)C. The summed E-state index contributed by atoms with van der Waals surface area (Å²) in [6.45, 7) is 12.1. The fourth-order valence-corrected chi connectivity index (χ4v) is 5.26. The number of carbonyl (C=O) groups is 2. The number of anilines is 5. The average molecular weight is 525 g/mol. The molecule has 0 aliphatic heterocycles. The number of nitrogens with one attached hydrogen (secondary N) is 1. The number of benzene rings is 2. The number of nitrogens with zero attached hydrogens (tertiary/aromatic N) is 3. The van der Waals surface area contributed by atoms with Crippen LogP contribution in [0.25, 0.3) is 0 Å². The summed E-state index contributed by atoms with van der Waals surface area (Å²) in [5, 5.41) is 2.57. The van der Waals surface area contributed by atoms with Gasteiger partial charge in [-0.15, -0.1) is 0 Å². The van der Waals surface area contributed by atoms with Crippen molar-refractivity contribution in [2.24, 2.45) is 0 Å². The maximum atomic E-state index is 13.2. The Hall–Kier alpha value is -3.72. The first kappa shape index (κ1) is 27.9. The summed E-state index contributed by atoms with van der Waals surface area (Å²) >= 11 is 1.39. The Morgan fingerprint density at radius 1 is 0.811 bits per heavy atom. The number of amides is 2. The summed E-state index contributed by atoms with van der Waals surface area (Å²) in [6.07, 6.45) is -1.44. The molecule has 0 atom stereocenters. The lowest BCUT2D eigenvalue weighted by molar-refractivity contribution is 0.139. The fraction of sp³-hybridized carbons (Fsp3) is 0.357. The van der Waals surface area contributed by atoms with Gasteiger partial charge < -0.3 is 19.3 Å². The molecule has 0 unspecified atom stereocenters. The lowest BCUT2D eigenvalue weighted by Crippen LogP contribution is -2.47. The monoisotopic (exact) mass is 524 g/mol. The van der Waals surface area contributed by atoms with E-state index < -0.39 is 12.2 Å². The molecule has 0 spiro atoms. The first-order valence-corrected chi connectivity index (χ1v) is 13.3. The molecule has 0 aliphatic rings. The highest BCUT2D eigenvalue weighted by Gasteiger charge is 2.31. The zero-order valence-corrected chi connectivity index (χ0v) is 23.1. The van der Waals surface area contributed by atoms with Gasteiger partial charge in [0.15, 0.2) is 0 Å². The minimum atomic E-state index is -0.740. The minimum Gasteiger partial charge on any atom is -0.449 e. The van der Waals surface area contributed by atoms with Crippen molar-refractivity contribution in [1.82, 2.24) is 5.43 Å². The Morgan fingerprint density at radius 2 is 1.32 bits per heavy atom. The summed E-state index contributed by atoms with van der Waals surface area (Å²) in [6, 6.07) is 22.3. The number of thiophene rings is 1. The standard InChI is InChI=1S/C28H36N4O4S/c1-7-35-27(33)29-32(28(34)36-8-2)26-24(30(20(3)4)22-15-11-9-12-16-22)19-25(37-26)31(21(5)6)23-17-13-10-14-18-23/h9-21H,7-8H2,1-6H3,(H,29,33). The van der Waals surface area contributed by atoms with Crippen LogP contribution in [0.15, 0.2) is 66.7 Å². The van der Waals surface area contributed by atoms with Crippen LogP contribution in [0.4, 0.5) is 36.7 Å². The highest BCUT2D eigenvalue weighted by Crippen LogP contribution is 2.48. The predicted octanol–water partition coefficient (Wildman–Crippen LogP) is 7.47. The van der Waals surface area contributed by atoms with Gasteiger partial charge >= 0.3 is 12.2 Å². The lowest BCUT2D eigenvalue weighted by Gasteiger charge is -2.31. The van der Waals surface area contributed by atoms with E-state index in [-0.39, 0.29) is 25.3 Å². The Bertz CT molecular complexity index is 1150. The van der Waals surface area contributed by atoms with E-state index in [1.54, 1.807) is 13.8 Å². The van der Waals surface area contributed by atoms with Crippen LogP contribution in [0.3, 0.4) is 0 Å². The van der Waals surface area contributed by atoms with E-state index in [9.17, 15) is 9.59 Å². The van der Waals surface area contributed by atoms with Gasteiger partial charge in [0, 0.05) is 23.5 Å². The molecule has 1 aromatic heterocycles. The highest BCUT2D eigenvalue weighted by molar-refractivity contribution is 7.21. The first-order chi connectivity index (χ1) is 17.8. The van der Waals surface area contributed by atoms with Gasteiger partial charge in [0.05, 0.1) is 23.9 Å². The average Bonchev–Trinajstić information content (AvgIpc) is 3.27. The molecule has 198 valence electrons. The summed E-state index contributed by atoms with van der Waals surface area (Å²) in [5.74, 6) is 0. The van der Waals surface area contributed by atoms with Gasteiger partial charge in [-0.1, -0.05) is 47.7 Å². The van der Waals surface area contributed by atoms with Gasteiger partial charge in [-0.25, -0.2) is 15.0 Å². The molecule has 0 bridgehead atoms. The molecule has 8 nitrogen and oxygen atoms in total. The molecule has 37 heavy (non-hydrogen) atoms. The normalized spacial score (nSPS) is 10.8. The molecule has 9 heteroatoms. The number of hydrogen-bond acceptors (Lipinski definition) is 7. The van der Waals surface area contributed by atoms with Gasteiger partial charge in [0.25, 0.3) is 0 Å². The second kappa shape index (κ2) is 13.0. The third kappa shape index (κ3) is 6.74. The van der Waals surface area contributed by atoms with Gasteiger partial charge in [-0.2, -0.15) is 5.01 Å². The molecule has 1 heterocycles. The molecule has 3 aromatic rings. The highest BCUT2D eigenvalue weighted by atomic mass is 32.1. The molecular weight excluding hydrogens is 488 g/mol. The van der Waals surface area contributed by atoms with Crippen LogP contribution in [-0.4, -0.2) is 37.5 Å². The maximum absolute atomic E-state index is 13.2. The molecule has 2 aromatic carbocycles. The molecule has 1 N–H and O–H groups in total. The second-order valence-electron chi connectivity index (χ2n) is 8.74. The van der Waals surface area contributed by atoms with Crippen LogP contribution in [0.2, 0.25) is 0 Å². The number of hydrazine groups is 1. The van der Waals surface area contributed by atoms with E-state index in [0.29, 0.717) is 5.00 Å². The van der Waals surface area contributed by atoms with E-state index >= 15 is 0 Å². The summed E-state index contributed by atoms with van der Waals surface area (Å²) in [5.41, 5.74) is 5.32. The van der Waals surface area contributed by atoms with Crippen molar-refractivity contribution in [3.8, 4) is 0 Å². The number of carbonyl (C=O) groups excluding carboxylic acids is 2. The smallest absolute Gasteiger partial charge is 0.434 e. The molecule has 0 radical (unpaired) electrons. The van der Waals surface area contributed by atoms with Crippen molar-refractivity contribution in [2.45, 2.75) is 53.6 Å². The fourth-order valence-electron chi connectivity index (χ4n) is 4.01. The molecule has 0 saturated carbocycles. The Morgan fingerprint density at radius 3 is 1.81 bits per heavy atom. The van der Waals surface area contributed by atoms with Crippen LogP contribution in [0.1, 0.15) is 41.5 Å². The quantitative estimate of drug-likeness (QED) is 0.293. The number of para-hydroxylation sites is 2. The summed E-state index contributed by atoms with van der Waals surface area (Å²) in [7, 11) is 0. The Balaban J connectivity index is 2.25. The number of hydrogen-bond donors (Lipinski definition) is 1. The van der Waals surface area contributed by atoms with E-state index in [4.69, 9.17) is 9.47 Å². The molecule has 0 fully saturated rings. The minimum absolute atomic E-state index is 0.0412. The predicted molar refractivity (Wildman–Crippen MR) is 151 cm³/mol. The van der Waals surface area contributed by atoms with Crippen molar-refractivity contribution >= 4 is 50.6 Å². The molecular formula is C28H36N4O4S. The van der Waals surface area contributed by atoms with Crippen LogP contribution in [-0.2, 0) is 9.47 Å². The lowest BCUT2D eigenvalue weighted by atomic mass is 10.2. The van der Waals surface area contributed by atoms with Crippen LogP contribution < -0.4 is 20.2 Å². The maximum Gasteiger partial charge on any atom is 0.434 e. The largest absolute Gasteiger partial charge is 0.449 e. The van der Waals surface area contributed by atoms with Crippen molar-refractivity contribution < 1.29 is 19.1 Å². The second-order valence-corrected chi connectivity index (χ2v) is 9.75. The van der Waals surface area contributed by atoms with Gasteiger partial charge in [0.2, 0.25) is 0 Å². The van der Waals surface area contributed by atoms with Gasteiger partial charge in [-0.05, 0) is 71.9 Å². The van der Waals surface area contributed by atoms with Crippen molar-refractivity contribution in [3.05, 3.63) is 66.7 Å². The van der Waals surface area contributed by atoms with E-state index in [2.05, 4.69) is 61.1 Å². The third-order valence-electron chi connectivity index (χ3n) is 5.41. The third-order valence-corrected chi connectivity index (χ3v) is 6.52. The van der Waals surface area contributed by atoms with Crippen LogP contribution >= 0.6 is 11.3 Å². The first-order valence-electron chi connectivity index (χ1n) is 12.5. The van der Waals surface area contributed by atoms with Crippen molar-refractivity contribution in [3.63, 3.8) is 0 Å². The van der Waals surface area contributed by atoms with Crippen molar-refractivity contribution in [2.75, 3.05) is 28.0 Å². The zero-order valence-electron chi connectivity index (χ0n) is 22.3. The summed E-state index contributed by atoms with van der Waals surface area (Å²) < 4.78 is 10.4. The van der Waals surface area contributed by atoms with Gasteiger partial charge in [-0.3, -0.25) is 0 Å². The molecule has 0 aliphatic carbocycles. The molecule has 3 rings (SSSR count). The van der Waals surface area contributed by atoms with Crippen LogP contribution in [0.5, 0.6) is 0 Å². The molecule has 2 amide bonds. The number of rotatable bonds is 9. The summed E-state index contributed by atoms with van der Waals surface area (Å²) in [4.78, 5) is 30.0. The van der Waals surface area contributed by atoms with E-state index in [1.807, 2.05) is 48.5 Å². The van der Waals surface area contributed by atoms with Crippen molar-refractivity contribution in [1.29, 1.82) is 0 Å². The van der Waals surface area contributed by atoms with Gasteiger partial charge in [0.1, 0.15) is 5.00 Å². The van der Waals surface area contributed by atoms with Crippen LogP contribution in [0, 0.1) is 0 Å².